The Labute approximate surface area is 158 Å². The molecule has 0 radical (unpaired) electrons. The van der Waals surface area contributed by atoms with Crippen LogP contribution in [0.2, 0.25) is 0 Å². The summed E-state index contributed by atoms with van der Waals surface area (Å²) >= 11 is 0. The molecule has 1 aromatic heterocycles. The molecule has 27 heavy (non-hydrogen) atoms. The van der Waals surface area contributed by atoms with E-state index in [0.29, 0.717) is 29.9 Å². The van der Waals surface area contributed by atoms with Gasteiger partial charge in [0.05, 0.1) is 7.11 Å². The number of methoxy groups -OCH3 is 1. The van der Waals surface area contributed by atoms with E-state index < -0.39 is 6.10 Å². The van der Waals surface area contributed by atoms with Crippen LogP contribution < -0.4 is 15.0 Å². The predicted octanol–water partition coefficient (Wildman–Crippen LogP) is 1.72. The van der Waals surface area contributed by atoms with Crippen LogP contribution >= 0.6 is 0 Å². The molecule has 2 bridgehead atoms. The van der Waals surface area contributed by atoms with E-state index >= 15 is 0 Å². The zero-order valence-corrected chi connectivity index (χ0v) is 15.6. The highest BCUT2D eigenvalue weighted by atomic mass is 16.5. The molecule has 2 aromatic rings. The Kier molecular flexibility index (Phi) is 5.18. The topological polar surface area (TPSA) is 63.9 Å². The largest absolute Gasteiger partial charge is 0.493 e. The van der Waals surface area contributed by atoms with Gasteiger partial charge < -0.3 is 19.1 Å². The lowest BCUT2D eigenvalue weighted by molar-refractivity contribution is 0.0379. The van der Waals surface area contributed by atoms with Crippen LogP contribution in [0.5, 0.6) is 11.5 Å². The number of benzene rings is 1. The number of ether oxygens (including phenoxy) is 2. The van der Waals surface area contributed by atoms with Crippen molar-refractivity contribution in [2.75, 3.05) is 33.4 Å². The highest BCUT2D eigenvalue weighted by Gasteiger charge is 2.34. The smallest absolute Gasteiger partial charge is 0.250 e. The van der Waals surface area contributed by atoms with Gasteiger partial charge in [-0.15, -0.1) is 0 Å². The number of β-amino-alcohol motifs (C(OH)–C–C–N with tert-alkyl or cyclic N) is 1. The molecule has 1 saturated heterocycles. The molecule has 1 N–H and O–H groups in total. The predicted molar refractivity (Wildman–Crippen MR) is 102 cm³/mol. The summed E-state index contributed by atoms with van der Waals surface area (Å²) in [6.07, 6.45) is 0.542. The third-order valence-corrected chi connectivity index (χ3v) is 5.52. The number of fused-ring (bicyclic) bond motifs is 4. The first kappa shape index (κ1) is 18.1. The molecule has 1 fully saturated rings. The van der Waals surface area contributed by atoms with Gasteiger partial charge in [0.25, 0.3) is 5.56 Å². The molecule has 6 nitrogen and oxygen atoms in total. The number of aliphatic hydroxyl groups excluding tert-OH is 1. The third kappa shape index (κ3) is 3.87. The van der Waals surface area contributed by atoms with Crippen LogP contribution in [0.15, 0.2) is 47.3 Å². The second-order valence-corrected chi connectivity index (χ2v) is 7.53. The SMILES string of the molecule is COc1ccccc1OC[C@@H](O)CN1C[C@H]2C[C@H](C1)c1cccc(=O)n1C2. The van der Waals surface area contributed by atoms with Gasteiger partial charge in [-0.1, -0.05) is 18.2 Å². The standard InChI is InChI=1S/C21H26N2O4/c1-26-19-6-2-3-7-20(19)27-14-17(24)13-22-10-15-9-16(12-22)18-5-4-8-21(25)23(18)11-15/h2-8,15-17,24H,9-14H2,1H3/t15-,16-,17+/m1/s1. The Morgan fingerprint density at radius 3 is 2.74 bits per heavy atom. The fourth-order valence-corrected chi connectivity index (χ4v) is 4.42. The number of aromatic nitrogens is 1. The van der Waals surface area contributed by atoms with Gasteiger partial charge in [0.1, 0.15) is 12.7 Å². The van der Waals surface area contributed by atoms with Gasteiger partial charge in [0.2, 0.25) is 0 Å². The molecule has 2 aliphatic rings. The van der Waals surface area contributed by atoms with Gasteiger partial charge in [-0.05, 0) is 30.5 Å². The number of pyridine rings is 1. The third-order valence-electron chi connectivity index (χ3n) is 5.52. The molecule has 3 atom stereocenters. The number of likely N-dealkylation sites (tertiary alicyclic amines) is 1. The lowest BCUT2D eigenvalue weighted by Gasteiger charge is -2.43. The molecule has 0 aliphatic carbocycles. The lowest BCUT2D eigenvalue weighted by Crippen LogP contribution is -2.49. The molecule has 144 valence electrons. The van der Waals surface area contributed by atoms with Crippen LogP contribution in [-0.4, -0.2) is 54.0 Å². The quantitative estimate of drug-likeness (QED) is 0.839. The Morgan fingerprint density at radius 2 is 1.93 bits per heavy atom. The van der Waals surface area contributed by atoms with E-state index in [1.807, 2.05) is 34.9 Å². The average Bonchev–Trinajstić information content (AvgIpc) is 2.67. The van der Waals surface area contributed by atoms with Crippen LogP contribution in [0.25, 0.3) is 0 Å². The number of hydrogen-bond acceptors (Lipinski definition) is 5. The number of hydrogen-bond donors (Lipinski definition) is 1. The zero-order chi connectivity index (χ0) is 18.8. The number of piperidine rings is 1. The molecule has 0 spiro atoms. The fraction of sp³-hybridized carbons (Fsp3) is 0.476. The summed E-state index contributed by atoms with van der Waals surface area (Å²) in [6.45, 7) is 3.34. The summed E-state index contributed by atoms with van der Waals surface area (Å²) in [5.74, 6) is 2.12. The van der Waals surface area contributed by atoms with Crippen LogP contribution in [0.4, 0.5) is 0 Å². The summed E-state index contributed by atoms with van der Waals surface area (Å²) in [7, 11) is 1.61. The van der Waals surface area contributed by atoms with E-state index in [-0.39, 0.29) is 12.2 Å². The molecule has 0 amide bonds. The summed E-state index contributed by atoms with van der Waals surface area (Å²) in [4.78, 5) is 14.4. The first-order chi connectivity index (χ1) is 13.1. The van der Waals surface area contributed by atoms with E-state index in [9.17, 15) is 9.90 Å². The van der Waals surface area contributed by atoms with E-state index in [2.05, 4.69) is 11.0 Å². The van der Waals surface area contributed by atoms with Crippen molar-refractivity contribution in [3.05, 3.63) is 58.5 Å². The maximum atomic E-state index is 12.1. The second kappa shape index (κ2) is 7.74. The van der Waals surface area contributed by atoms with E-state index in [1.54, 1.807) is 13.2 Å². The van der Waals surface area contributed by atoms with Crippen molar-refractivity contribution in [3.63, 3.8) is 0 Å². The minimum atomic E-state index is -0.577. The normalized spacial score (nSPS) is 22.7. The van der Waals surface area contributed by atoms with Gasteiger partial charge in [-0.25, -0.2) is 0 Å². The molecule has 2 aliphatic heterocycles. The lowest BCUT2D eigenvalue weighted by atomic mass is 9.83. The number of nitrogens with zero attached hydrogens (tertiary/aromatic N) is 2. The van der Waals surface area contributed by atoms with Gasteiger partial charge in [0, 0.05) is 43.9 Å². The maximum Gasteiger partial charge on any atom is 0.250 e. The van der Waals surface area contributed by atoms with Crippen LogP contribution in [-0.2, 0) is 6.54 Å². The first-order valence-corrected chi connectivity index (χ1v) is 9.50. The average molecular weight is 370 g/mol. The molecular weight excluding hydrogens is 344 g/mol. The van der Waals surface area contributed by atoms with Crippen LogP contribution in [0, 0.1) is 5.92 Å². The Bertz CT molecular complexity index is 850. The molecule has 0 saturated carbocycles. The van der Waals surface area contributed by atoms with Crippen molar-refractivity contribution in [2.45, 2.75) is 25.0 Å². The van der Waals surface area contributed by atoms with E-state index in [0.717, 1.165) is 31.7 Å². The van der Waals surface area contributed by atoms with Gasteiger partial charge in [0.15, 0.2) is 11.5 Å². The minimum absolute atomic E-state index is 0.0980. The molecule has 3 heterocycles. The minimum Gasteiger partial charge on any atom is -0.493 e. The summed E-state index contributed by atoms with van der Waals surface area (Å²) in [5.41, 5.74) is 1.23. The van der Waals surface area contributed by atoms with Crippen molar-refractivity contribution in [2.24, 2.45) is 5.92 Å². The summed E-state index contributed by atoms with van der Waals surface area (Å²) in [6, 6.07) is 13.0. The van der Waals surface area contributed by atoms with Crippen molar-refractivity contribution in [1.29, 1.82) is 0 Å². The number of aliphatic hydroxyl groups is 1. The Balaban J connectivity index is 1.36. The van der Waals surface area contributed by atoms with E-state index in [1.165, 1.54) is 0 Å². The second-order valence-electron chi connectivity index (χ2n) is 7.53. The Morgan fingerprint density at radius 1 is 1.11 bits per heavy atom. The fourth-order valence-electron chi connectivity index (χ4n) is 4.42. The van der Waals surface area contributed by atoms with Gasteiger partial charge >= 0.3 is 0 Å². The zero-order valence-electron chi connectivity index (χ0n) is 15.6. The molecule has 0 unspecified atom stereocenters. The Hall–Kier alpha value is -2.31. The van der Waals surface area contributed by atoms with Crippen LogP contribution in [0.1, 0.15) is 18.0 Å². The molecule has 1 aromatic carbocycles. The van der Waals surface area contributed by atoms with Gasteiger partial charge in [-0.3, -0.25) is 9.69 Å². The number of para-hydroxylation sites is 2. The van der Waals surface area contributed by atoms with Crippen molar-refractivity contribution in [1.82, 2.24) is 9.47 Å². The van der Waals surface area contributed by atoms with Crippen LogP contribution in [0.3, 0.4) is 0 Å². The monoisotopic (exact) mass is 370 g/mol. The van der Waals surface area contributed by atoms with Crippen molar-refractivity contribution in [3.8, 4) is 11.5 Å². The molecule has 4 rings (SSSR count). The molecule has 6 heteroatoms. The first-order valence-electron chi connectivity index (χ1n) is 9.50. The highest BCUT2D eigenvalue weighted by Crippen LogP contribution is 2.35. The van der Waals surface area contributed by atoms with E-state index in [4.69, 9.17) is 9.47 Å². The summed E-state index contributed by atoms with van der Waals surface area (Å²) < 4.78 is 13.0. The number of rotatable bonds is 6. The highest BCUT2D eigenvalue weighted by molar-refractivity contribution is 5.39. The van der Waals surface area contributed by atoms with Gasteiger partial charge in [-0.2, -0.15) is 0 Å². The van der Waals surface area contributed by atoms with Crippen molar-refractivity contribution >= 4 is 0 Å². The summed E-state index contributed by atoms with van der Waals surface area (Å²) in [5, 5.41) is 10.5. The molecular formula is C21H26N2O4. The van der Waals surface area contributed by atoms with Crippen molar-refractivity contribution < 1.29 is 14.6 Å². The maximum absolute atomic E-state index is 12.1.